The third-order valence-electron chi connectivity index (χ3n) is 5.46. The van der Waals surface area contributed by atoms with E-state index in [4.69, 9.17) is 4.74 Å². The van der Waals surface area contributed by atoms with Crippen molar-refractivity contribution in [2.45, 2.75) is 39.0 Å². The second-order valence-electron chi connectivity index (χ2n) is 8.58. The molecule has 2 N–H and O–H groups in total. The Labute approximate surface area is 159 Å². The number of fused-ring (bicyclic) bond motifs is 1. The highest BCUT2D eigenvalue weighted by Gasteiger charge is 2.44. The van der Waals surface area contributed by atoms with E-state index in [9.17, 15) is 14.7 Å². The molecule has 1 aliphatic rings. The minimum Gasteiger partial charge on any atom is -0.481 e. The molecule has 1 aliphatic heterocycles. The van der Waals surface area contributed by atoms with E-state index in [2.05, 4.69) is 37.9 Å². The van der Waals surface area contributed by atoms with Crippen LogP contribution in [0.5, 0.6) is 0 Å². The van der Waals surface area contributed by atoms with Gasteiger partial charge in [-0.2, -0.15) is 0 Å². The van der Waals surface area contributed by atoms with Gasteiger partial charge in [-0.1, -0.05) is 32.9 Å². The Hall–Kier alpha value is -2.34. The molecule has 0 saturated carbocycles. The van der Waals surface area contributed by atoms with Crippen molar-refractivity contribution < 1.29 is 19.4 Å². The lowest BCUT2D eigenvalue weighted by Crippen LogP contribution is -2.52. The highest BCUT2D eigenvalue weighted by Crippen LogP contribution is 2.32. The Bertz CT molecular complexity index is 861. The predicted octanol–water partition coefficient (Wildman–Crippen LogP) is 3.42. The Morgan fingerprint density at radius 3 is 2.67 bits per heavy atom. The average Bonchev–Trinajstić information content (AvgIpc) is 3.04. The Morgan fingerprint density at radius 2 is 2.04 bits per heavy atom. The summed E-state index contributed by atoms with van der Waals surface area (Å²) in [7, 11) is 1.50. The number of ether oxygens (including phenoxy) is 1. The summed E-state index contributed by atoms with van der Waals surface area (Å²) in [5.74, 6) is -1.07. The van der Waals surface area contributed by atoms with Gasteiger partial charge in [-0.3, -0.25) is 9.59 Å². The molecule has 0 radical (unpaired) electrons. The van der Waals surface area contributed by atoms with Gasteiger partial charge < -0.3 is 19.7 Å². The normalized spacial score (nSPS) is 20.8. The summed E-state index contributed by atoms with van der Waals surface area (Å²) in [4.78, 5) is 29.7. The molecule has 2 heterocycles. The summed E-state index contributed by atoms with van der Waals surface area (Å²) in [5, 5.41) is 10.7. The van der Waals surface area contributed by atoms with Crippen LogP contribution < -0.4 is 0 Å². The van der Waals surface area contributed by atoms with Gasteiger partial charge in [0.25, 0.3) is 5.91 Å². The van der Waals surface area contributed by atoms with E-state index in [0.717, 1.165) is 10.9 Å². The van der Waals surface area contributed by atoms with Crippen molar-refractivity contribution in [3.8, 4) is 0 Å². The first-order chi connectivity index (χ1) is 12.7. The first-order valence-corrected chi connectivity index (χ1v) is 9.31. The minimum atomic E-state index is -1.03. The number of carbonyl (C=O) groups excluding carboxylic acids is 1. The zero-order valence-electron chi connectivity index (χ0n) is 16.5. The number of likely N-dealkylation sites (tertiary alicyclic amines) is 1. The van der Waals surface area contributed by atoms with Gasteiger partial charge in [0.2, 0.25) is 0 Å². The molecule has 27 heavy (non-hydrogen) atoms. The van der Waals surface area contributed by atoms with E-state index < -0.39 is 11.4 Å². The summed E-state index contributed by atoms with van der Waals surface area (Å²) in [6.45, 7) is 7.28. The number of amides is 1. The number of rotatable bonds is 4. The number of hydrogen-bond acceptors (Lipinski definition) is 3. The van der Waals surface area contributed by atoms with E-state index in [1.165, 1.54) is 12.7 Å². The van der Waals surface area contributed by atoms with Gasteiger partial charge in [0, 0.05) is 31.1 Å². The number of carbonyl (C=O) groups is 2. The molecule has 1 unspecified atom stereocenters. The van der Waals surface area contributed by atoms with Crippen LogP contribution in [0, 0.1) is 5.41 Å². The monoisotopic (exact) mass is 372 g/mol. The number of carboxylic acid groups (broad SMARTS) is 1. The molecule has 1 amide bonds. The number of methoxy groups -OCH3 is 1. The SMILES string of the molecule is COCC1(C(=O)O)CCCN(C(=O)c2cc3ccc(C(C)(C)C)cc3[nH]2)C1. The summed E-state index contributed by atoms with van der Waals surface area (Å²) in [6, 6.07) is 8.03. The van der Waals surface area contributed by atoms with E-state index in [0.29, 0.717) is 25.1 Å². The number of H-pyrrole nitrogens is 1. The zero-order valence-corrected chi connectivity index (χ0v) is 16.5. The quantitative estimate of drug-likeness (QED) is 0.861. The van der Waals surface area contributed by atoms with Gasteiger partial charge in [0.15, 0.2) is 0 Å². The van der Waals surface area contributed by atoms with Gasteiger partial charge in [-0.05, 0) is 36.0 Å². The van der Waals surface area contributed by atoms with Crippen LogP contribution in [0.15, 0.2) is 24.3 Å². The van der Waals surface area contributed by atoms with E-state index >= 15 is 0 Å². The maximum atomic E-state index is 13.0. The summed E-state index contributed by atoms with van der Waals surface area (Å²) < 4.78 is 5.15. The molecule has 0 aliphatic carbocycles. The molecule has 0 spiro atoms. The summed E-state index contributed by atoms with van der Waals surface area (Å²) >= 11 is 0. The number of piperidine rings is 1. The van der Waals surface area contributed by atoms with Crippen molar-refractivity contribution >= 4 is 22.8 Å². The fraction of sp³-hybridized carbons (Fsp3) is 0.524. The molecule has 1 atom stereocenters. The topological polar surface area (TPSA) is 82.6 Å². The van der Waals surface area contributed by atoms with E-state index in [1.54, 1.807) is 4.90 Å². The van der Waals surface area contributed by atoms with Gasteiger partial charge in [-0.15, -0.1) is 0 Å². The van der Waals surface area contributed by atoms with Crippen LogP contribution in [0.25, 0.3) is 10.9 Å². The maximum Gasteiger partial charge on any atom is 0.313 e. The molecule has 1 fully saturated rings. The second-order valence-corrected chi connectivity index (χ2v) is 8.58. The highest BCUT2D eigenvalue weighted by atomic mass is 16.5. The van der Waals surface area contributed by atoms with E-state index in [1.807, 2.05) is 12.1 Å². The van der Waals surface area contributed by atoms with Crippen LogP contribution in [-0.2, 0) is 14.9 Å². The van der Waals surface area contributed by atoms with Crippen LogP contribution in [0.4, 0.5) is 0 Å². The smallest absolute Gasteiger partial charge is 0.313 e. The number of aromatic amines is 1. The number of nitrogens with zero attached hydrogens (tertiary/aromatic N) is 1. The number of aromatic nitrogens is 1. The molecule has 6 nitrogen and oxygen atoms in total. The van der Waals surface area contributed by atoms with Crippen LogP contribution in [-0.4, -0.2) is 53.7 Å². The number of aliphatic carboxylic acids is 1. The molecule has 2 aromatic rings. The van der Waals surface area contributed by atoms with Gasteiger partial charge in [0.05, 0.1) is 6.61 Å². The van der Waals surface area contributed by atoms with Crippen molar-refractivity contribution in [2.24, 2.45) is 5.41 Å². The average molecular weight is 372 g/mol. The molecule has 1 aromatic heterocycles. The first kappa shape index (κ1) is 19.4. The Morgan fingerprint density at radius 1 is 1.30 bits per heavy atom. The molecule has 1 aromatic carbocycles. The Balaban J connectivity index is 1.87. The molecular formula is C21H28N2O4. The van der Waals surface area contributed by atoms with Crippen molar-refractivity contribution in [1.82, 2.24) is 9.88 Å². The minimum absolute atomic E-state index is 0.0254. The summed E-state index contributed by atoms with van der Waals surface area (Å²) in [5.41, 5.74) is 1.60. The Kier molecular flexibility index (Phi) is 5.04. The van der Waals surface area contributed by atoms with Gasteiger partial charge >= 0.3 is 5.97 Å². The van der Waals surface area contributed by atoms with Crippen molar-refractivity contribution in [1.29, 1.82) is 0 Å². The number of carboxylic acids is 1. The molecule has 146 valence electrons. The van der Waals surface area contributed by atoms with Gasteiger partial charge in [0.1, 0.15) is 11.1 Å². The van der Waals surface area contributed by atoms with Crippen LogP contribution in [0.1, 0.15) is 49.7 Å². The number of benzene rings is 1. The lowest BCUT2D eigenvalue weighted by Gasteiger charge is -2.39. The number of hydrogen-bond donors (Lipinski definition) is 2. The van der Waals surface area contributed by atoms with Crippen LogP contribution in [0.3, 0.4) is 0 Å². The van der Waals surface area contributed by atoms with Crippen molar-refractivity contribution in [2.75, 3.05) is 26.8 Å². The number of nitrogens with one attached hydrogen (secondary N) is 1. The second kappa shape index (κ2) is 7.00. The molecule has 0 bridgehead atoms. The largest absolute Gasteiger partial charge is 0.481 e. The maximum absolute atomic E-state index is 13.0. The lowest BCUT2D eigenvalue weighted by atomic mass is 9.80. The molecule has 6 heteroatoms. The third kappa shape index (κ3) is 3.72. The molecule has 3 rings (SSSR count). The van der Waals surface area contributed by atoms with E-state index in [-0.39, 0.29) is 24.5 Å². The van der Waals surface area contributed by atoms with Crippen LogP contribution in [0.2, 0.25) is 0 Å². The molecular weight excluding hydrogens is 344 g/mol. The first-order valence-electron chi connectivity index (χ1n) is 9.31. The fourth-order valence-corrected chi connectivity index (χ4v) is 3.81. The van der Waals surface area contributed by atoms with Gasteiger partial charge in [-0.25, -0.2) is 0 Å². The van der Waals surface area contributed by atoms with Crippen molar-refractivity contribution in [3.63, 3.8) is 0 Å². The predicted molar refractivity (Wildman–Crippen MR) is 104 cm³/mol. The third-order valence-corrected chi connectivity index (χ3v) is 5.46. The zero-order chi connectivity index (χ0) is 19.8. The lowest BCUT2D eigenvalue weighted by molar-refractivity contribution is -0.155. The summed E-state index contributed by atoms with van der Waals surface area (Å²) in [6.07, 6.45) is 1.16. The molecule has 1 saturated heterocycles. The standard InChI is InChI=1S/C21H28N2O4/c1-20(2,3)15-7-6-14-10-17(22-16(14)11-15)18(24)23-9-5-8-21(12-23,13-27-4)19(25)26/h6-7,10-11,22H,5,8-9,12-13H2,1-4H3,(H,25,26). The highest BCUT2D eigenvalue weighted by molar-refractivity contribution is 5.98. The van der Waals surface area contributed by atoms with Crippen LogP contribution >= 0.6 is 0 Å². The van der Waals surface area contributed by atoms with Crippen molar-refractivity contribution in [3.05, 3.63) is 35.5 Å². The fourth-order valence-electron chi connectivity index (χ4n) is 3.81.